The zero-order chi connectivity index (χ0) is 28.4. The maximum atomic E-state index is 13.4. The first-order valence-electron chi connectivity index (χ1n) is 13.1. The highest BCUT2D eigenvalue weighted by molar-refractivity contribution is 9.11. The summed E-state index contributed by atoms with van der Waals surface area (Å²) < 4.78 is 18.4. The molecule has 10 heteroatoms. The molecule has 0 saturated carbocycles. The van der Waals surface area contributed by atoms with E-state index in [-0.39, 0.29) is 11.3 Å². The molecule has 1 N–H and O–H groups in total. The molecular formula is C29H34Br2N2O6. The molecular weight excluding hydrogens is 632 g/mol. The molecule has 0 unspecified atom stereocenters. The van der Waals surface area contributed by atoms with Crippen LogP contribution < -0.4 is 24.4 Å². The fourth-order valence-corrected chi connectivity index (χ4v) is 5.49. The molecule has 0 spiro atoms. The maximum Gasteiger partial charge on any atom is 0.335 e. The van der Waals surface area contributed by atoms with E-state index in [1.54, 1.807) is 24.3 Å². The zero-order valence-electron chi connectivity index (χ0n) is 22.5. The van der Waals surface area contributed by atoms with Crippen molar-refractivity contribution >= 4 is 61.5 Å². The van der Waals surface area contributed by atoms with Crippen LogP contribution in [-0.2, 0) is 9.59 Å². The third-order valence-corrected chi connectivity index (χ3v) is 7.22. The van der Waals surface area contributed by atoms with Crippen molar-refractivity contribution in [1.29, 1.82) is 0 Å². The van der Waals surface area contributed by atoms with E-state index in [0.717, 1.165) is 24.2 Å². The minimum atomic E-state index is -0.841. The van der Waals surface area contributed by atoms with Crippen molar-refractivity contribution in [2.24, 2.45) is 0 Å². The Bertz CT molecular complexity index is 1210. The van der Waals surface area contributed by atoms with Gasteiger partial charge >= 0.3 is 6.03 Å². The van der Waals surface area contributed by atoms with Gasteiger partial charge in [-0.05, 0) is 80.6 Å². The van der Waals surface area contributed by atoms with Crippen LogP contribution >= 0.6 is 31.9 Å². The SMILES string of the molecule is CCCCCCCCOc1c(Br)cc(/C=C2/C(=O)NC(=O)N(c3ccc(OCCC)c(OC)c3)C2=O)cc1Br. The van der Waals surface area contributed by atoms with Gasteiger partial charge in [0.05, 0.1) is 35.0 Å². The number of urea groups is 1. The number of halogens is 2. The number of hydrogen-bond donors (Lipinski definition) is 1. The van der Waals surface area contributed by atoms with E-state index in [2.05, 4.69) is 44.1 Å². The number of nitrogens with one attached hydrogen (secondary N) is 1. The fourth-order valence-electron chi connectivity index (χ4n) is 4.04. The van der Waals surface area contributed by atoms with E-state index in [0.29, 0.717) is 45.0 Å². The first-order chi connectivity index (χ1) is 18.8. The Balaban J connectivity index is 1.79. The molecule has 0 atom stereocenters. The number of carbonyl (C=O) groups is 3. The molecule has 1 saturated heterocycles. The van der Waals surface area contributed by atoms with Crippen LogP contribution in [0.3, 0.4) is 0 Å². The number of ether oxygens (including phenoxy) is 3. The summed E-state index contributed by atoms with van der Waals surface area (Å²) in [6, 6.07) is 7.41. The highest BCUT2D eigenvalue weighted by Crippen LogP contribution is 2.37. The van der Waals surface area contributed by atoms with Crippen molar-refractivity contribution in [1.82, 2.24) is 5.32 Å². The lowest BCUT2D eigenvalue weighted by Gasteiger charge is -2.27. The Morgan fingerprint density at radius 3 is 2.21 bits per heavy atom. The molecule has 2 aromatic rings. The summed E-state index contributed by atoms with van der Waals surface area (Å²) >= 11 is 7.07. The number of nitrogens with zero attached hydrogens (tertiary/aromatic N) is 1. The van der Waals surface area contributed by atoms with Crippen molar-refractivity contribution in [2.45, 2.75) is 58.8 Å². The number of benzene rings is 2. The Kier molecular flexibility index (Phi) is 11.9. The van der Waals surface area contributed by atoms with Gasteiger partial charge in [-0.25, -0.2) is 9.69 Å². The van der Waals surface area contributed by atoms with Gasteiger partial charge in [0.15, 0.2) is 11.5 Å². The van der Waals surface area contributed by atoms with E-state index in [9.17, 15) is 14.4 Å². The highest BCUT2D eigenvalue weighted by atomic mass is 79.9. The number of imide groups is 2. The van der Waals surface area contributed by atoms with Gasteiger partial charge in [0.1, 0.15) is 11.3 Å². The molecule has 4 amide bonds. The standard InChI is InChI=1S/C29H34Br2N2O6/c1-4-6-7-8-9-10-14-39-26-22(30)16-19(17-23(26)31)15-21-27(34)32-29(36)33(28(21)35)20-11-12-24(38-13-5-2)25(18-20)37-3/h11-12,15-18H,4-10,13-14H2,1-3H3,(H,32,34,36)/b21-15-. The normalized spacial score (nSPS) is 14.5. The number of anilines is 1. The topological polar surface area (TPSA) is 94.2 Å². The number of unbranched alkanes of at least 4 members (excludes halogenated alkanes) is 5. The molecule has 0 radical (unpaired) electrons. The van der Waals surface area contributed by atoms with E-state index in [4.69, 9.17) is 14.2 Å². The van der Waals surface area contributed by atoms with Crippen LogP contribution in [0.25, 0.3) is 6.08 Å². The molecule has 8 nitrogen and oxygen atoms in total. The number of methoxy groups -OCH3 is 1. The van der Waals surface area contributed by atoms with Crippen molar-refractivity contribution < 1.29 is 28.6 Å². The van der Waals surface area contributed by atoms with E-state index in [1.165, 1.54) is 44.9 Å². The second-order valence-corrected chi connectivity index (χ2v) is 10.8. The van der Waals surface area contributed by atoms with Crippen LogP contribution in [0.2, 0.25) is 0 Å². The van der Waals surface area contributed by atoms with Gasteiger partial charge in [0.2, 0.25) is 0 Å². The number of rotatable bonds is 14. The molecule has 3 rings (SSSR count). The largest absolute Gasteiger partial charge is 0.493 e. The molecule has 1 heterocycles. The second kappa shape index (κ2) is 15.1. The van der Waals surface area contributed by atoms with Crippen LogP contribution in [-0.4, -0.2) is 38.2 Å². The maximum absolute atomic E-state index is 13.4. The van der Waals surface area contributed by atoms with Gasteiger partial charge < -0.3 is 14.2 Å². The lowest BCUT2D eigenvalue weighted by Crippen LogP contribution is -2.54. The third kappa shape index (κ3) is 8.08. The minimum Gasteiger partial charge on any atom is -0.493 e. The summed E-state index contributed by atoms with van der Waals surface area (Å²) in [6.45, 7) is 5.27. The molecule has 0 bridgehead atoms. The Hall–Kier alpha value is -2.85. The Morgan fingerprint density at radius 2 is 1.54 bits per heavy atom. The van der Waals surface area contributed by atoms with Crippen LogP contribution in [0.4, 0.5) is 10.5 Å². The van der Waals surface area contributed by atoms with Crippen molar-refractivity contribution in [3.63, 3.8) is 0 Å². The molecule has 39 heavy (non-hydrogen) atoms. The second-order valence-electron chi connectivity index (χ2n) is 9.07. The predicted octanol–water partition coefficient (Wildman–Crippen LogP) is 7.41. The average Bonchev–Trinajstić information content (AvgIpc) is 2.90. The summed E-state index contributed by atoms with van der Waals surface area (Å²) in [5, 5.41) is 2.25. The Labute approximate surface area is 246 Å². The summed E-state index contributed by atoms with van der Waals surface area (Å²) in [7, 11) is 1.47. The monoisotopic (exact) mass is 664 g/mol. The molecule has 0 aromatic heterocycles. The molecule has 1 fully saturated rings. The van der Waals surface area contributed by atoms with E-state index < -0.39 is 17.8 Å². The number of barbiturate groups is 1. The first-order valence-corrected chi connectivity index (χ1v) is 14.7. The quantitative estimate of drug-likeness (QED) is 0.128. The molecule has 1 aliphatic rings. The van der Waals surface area contributed by atoms with Crippen LogP contribution in [0.5, 0.6) is 17.2 Å². The summed E-state index contributed by atoms with van der Waals surface area (Å²) in [6.07, 6.45) is 9.26. The molecule has 2 aromatic carbocycles. The van der Waals surface area contributed by atoms with Gasteiger partial charge in [-0.3, -0.25) is 14.9 Å². The van der Waals surface area contributed by atoms with Crippen molar-refractivity contribution in [3.05, 3.63) is 50.4 Å². The summed E-state index contributed by atoms with van der Waals surface area (Å²) in [4.78, 5) is 39.6. The van der Waals surface area contributed by atoms with Gasteiger partial charge in [-0.1, -0.05) is 46.0 Å². The molecule has 1 aliphatic heterocycles. The minimum absolute atomic E-state index is 0.181. The number of carbonyl (C=O) groups excluding carboxylic acids is 3. The summed E-state index contributed by atoms with van der Waals surface area (Å²) in [5.41, 5.74) is 0.645. The first kappa shape index (κ1) is 30.7. The van der Waals surface area contributed by atoms with E-state index in [1.807, 2.05) is 6.92 Å². The fraction of sp³-hybridized carbons (Fsp3) is 0.414. The van der Waals surface area contributed by atoms with Gasteiger partial charge in [-0.2, -0.15) is 0 Å². The molecule has 210 valence electrons. The summed E-state index contributed by atoms with van der Waals surface area (Å²) in [5.74, 6) is -0.00320. The van der Waals surface area contributed by atoms with Crippen LogP contribution in [0.1, 0.15) is 64.4 Å². The van der Waals surface area contributed by atoms with Crippen LogP contribution in [0, 0.1) is 0 Å². The molecule has 0 aliphatic carbocycles. The lowest BCUT2D eigenvalue weighted by atomic mass is 10.1. The van der Waals surface area contributed by atoms with E-state index >= 15 is 0 Å². The number of amides is 4. The third-order valence-electron chi connectivity index (χ3n) is 6.04. The zero-order valence-corrected chi connectivity index (χ0v) is 25.7. The van der Waals surface area contributed by atoms with Gasteiger partial charge in [0, 0.05) is 6.07 Å². The van der Waals surface area contributed by atoms with Gasteiger partial charge in [-0.15, -0.1) is 0 Å². The van der Waals surface area contributed by atoms with Crippen LogP contribution in [0.15, 0.2) is 44.9 Å². The smallest absolute Gasteiger partial charge is 0.335 e. The van der Waals surface area contributed by atoms with Gasteiger partial charge in [0.25, 0.3) is 11.8 Å². The highest BCUT2D eigenvalue weighted by Gasteiger charge is 2.37. The predicted molar refractivity (Wildman–Crippen MR) is 158 cm³/mol. The van der Waals surface area contributed by atoms with Crippen molar-refractivity contribution in [3.8, 4) is 17.2 Å². The van der Waals surface area contributed by atoms with Crippen molar-refractivity contribution in [2.75, 3.05) is 25.2 Å². The Morgan fingerprint density at radius 1 is 0.846 bits per heavy atom. The average molecular weight is 666 g/mol. The lowest BCUT2D eigenvalue weighted by molar-refractivity contribution is -0.122. The number of hydrogen-bond acceptors (Lipinski definition) is 6.